The molecule has 0 spiro atoms. The molecule has 3 rings (SSSR count). The topological polar surface area (TPSA) is 82.4 Å². The van der Waals surface area contributed by atoms with Crippen LogP contribution in [0.25, 0.3) is 10.2 Å². The number of methoxy groups -OCH3 is 1. The summed E-state index contributed by atoms with van der Waals surface area (Å²) in [5.74, 6) is 0.358. The molecule has 0 atom stereocenters. The van der Waals surface area contributed by atoms with Crippen LogP contribution < -0.4 is 15.6 Å². The van der Waals surface area contributed by atoms with E-state index >= 15 is 0 Å². The lowest BCUT2D eigenvalue weighted by molar-refractivity contribution is -0.113. The van der Waals surface area contributed by atoms with Gasteiger partial charge in [0.25, 0.3) is 5.56 Å². The van der Waals surface area contributed by atoms with Gasteiger partial charge in [0.2, 0.25) is 5.91 Å². The summed E-state index contributed by atoms with van der Waals surface area (Å²) in [6.07, 6.45) is 0.683. The van der Waals surface area contributed by atoms with Gasteiger partial charge in [-0.05, 0) is 51.0 Å². The fraction of sp³-hybridized carbons (Fsp3) is 0.409. The molecule has 0 aliphatic rings. The van der Waals surface area contributed by atoms with Crippen molar-refractivity contribution in [3.63, 3.8) is 0 Å². The van der Waals surface area contributed by atoms with Crippen molar-refractivity contribution in [3.05, 3.63) is 44.0 Å². The Morgan fingerprint density at radius 3 is 2.84 bits per heavy atom. The predicted octanol–water partition coefficient (Wildman–Crippen LogP) is 4.89. The second kappa shape index (κ2) is 11.2. The molecule has 0 unspecified atom stereocenters. The minimum Gasteiger partial charge on any atom is -0.495 e. The second-order valence-electron chi connectivity index (χ2n) is 7.05. The highest BCUT2D eigenvalue weighted by atomic mass is 35.5. The van der Waals surface area contributed by atoms with Crippen LogP contribution in [0.3, 0.4) is 0 Å². The number of halogens is 1. The van der Waals surface area contributed by atoms with Gasteiger partial charge in [0.05, 0.1) is 23.9 Å². The molecule has 2 aromatic heterocycles. The zero-order chi connectivity index (χ0) is 23.3. The van der Waals surface area contributed by atoms with Crippen molar-refractivity contribution in [2.45, 2.75) is 38.9 Å². The zero-order valence-electron chi connectivity index (χ0n) is 18.5. The summed E-state index contributed by atoms with van der Waals surface area (Å²) in [5.41, 5.74) is 1.38. The van der Waals surface area contributed by atoms with Gasteiger partial charge in [0.1, 0.15) is 10.6 Å². The molecule has 1 aromatic carbocycles. The van der Waals surface area contributed by atoms with E-state index in [0.29, 0.717) is 58.0 Å². The Bertz CT molecular complexity index is 1180. The minimum atomic E-state index is -0.246. The summed E-state index contributed by atoms with van der Waals surface area (Å²) in [5, 5.41) is 4.48. The number of anilines is 1. The molecule has 7 nitrogen and oxygen atoms in total. The van der Waals surface area contributed by atoms with Crippen molar-refractivity contribution in [1.29, 1.82) is 0 Å². The Morgan fingerprint density at radius 1 is 1.34 bits per heavy atom. The van der Waals surface area contributed by atoms with Gasteiger partial charge in [-0.3, -0.25) is 14.2 Å². The molecule has 1 amide bonds. The quantitative estimate of drug-likeness (QED) is 0.245. The molecule has 0 saturated heterocycles. The number of aromatic nitrogens is 2. The van der Waals surface area contributed by atoms with Gasteiger partial charge < -0.3 is 14.8 Å². The van der Waals surface area contributed by atoms with E-state index in [2.05, 4.69) is 5.32 Å². The van der Waals surface area contributed by atoms with E-state index in [9.17, 15) is 9.59 Å². The van der Waals surface area contributed by atoms with Gasteiger partial charge in [-0.2, -0.15) is 0 Å². The van der Waals surface area contributed by atoms with Crippen LogP contribution in [0.1, 0.15) is 23.8 Å². The molecule has 172 valence electrons. The van der Waals surface area contributed by atoms with Crippen molar-refractivity contribution in [2.24, 2.45) is 0 Å². The number of thioether (sulfide) groups is 1. The number of nitrogens with one attached hydrogen (secondary N) is 1. The molecule has 0 saturated carbocycles. The van der Waals surface area contributed by atoms with Gasteiger partial charge in [0, 0.05) is 29.7 Å². The van der Waals surface area contributed by atoms with E-state index in [4.69, 9.17) is 26.1 Å². The lowest BCUT2D eigenvalue weighted by atomic mass is 10.2. The van der Waals surface area contributed by atoms with Gasteiger partial charge in [-0.1, -0.05) is 23.4 Å². The number of carbonyl (C=O) groups is 1. The van der Waals surface area contributed by atoms with E-state index in [1.807, 2.05) is 20.8 Å². The highest BCUT2D eigenvalue weighted by Crippen LogP contribution is 2.30. The largest absolute Gasteiger partial charge is 0.495 e. The van der Waals surface area contributed by atoms with Crippen molar-refractivity contribution in [2.75, 3.05) is 31.4 Å². The van der Waals surface area contributed by atoms with Crippen LogP contribution in [0.4, 0.5) is 5.69 Å². The molecular weight excluding hydrogens is 470 g/mol. The van der Waals surface area contributed by atoms with Crippen LogP contribution in [-0.4, -0.2) is 41.5 Å². The van der Waals surface area contributed by atoms with E-state index in [1.54, 1.807) is 22.8 Å². The number of ether oxygens (including phenoxy) is 2. The maximum Gasteiger partial charge on any atom is 0.263 e. The Labute approximate surface area is 200 Å². The number of aryl methyl sites for hydroxylation is 2. The number of nitrogens with zero attached hydrogens (tertiary/aromatic N) is 2. The number of amides is 1. The highest BCUT2D eigenvalue weighted by Gasteiger charge is 2.18. The number of benzene rings is 1. The lowest BCUT2D eigenvalue weighted by Crippen LogP contribution is -2.25. The number of carbonyl (C=O) groups excluding carboxylic acids is 1. The minimum absolute atomic E-state index is 0.0761. The summed E-state index contributed by atoms with van der Waals surface area (Å²) in [7, 11) is 1.53. The molecule has 2 heterocycles. The molecule has 0 radical (unpaired) electrons. The maximum atomic E-state index is 13.2. The first kappa shape index (κ1) is 24.6. The molecule has 0 aliphatic carbocycles. The van der Waals surface area contributed by atoms with Gasteiger partial charge in [-0.25, -0.2) is 4.98 Å². The normalized spacial score (nSPS) is 11.2. The first-order chi connectivity index (χ1) is 15.3. The zero-order valence-corrected chi connectivity index (χ0v) is 20.9. The van der Waals surface area contributed by atoms with E-state index in [0.717, 1.165) is 10.4 Å². The van der Waals surface area contributed by atoms with Gasteiger partial charge in [0.15, 0.2) is 5.16 Å². The summed E-state index contributed by atoms with van der Waals surface area (Å²) in [6.45, 7) is 7.53. The highest BCUT2D eigenvalue weighted by molar-refractivity contribution is 7.99. The Kier molecular flexibility index (Phi) is 8.58. The average molecular weight is 496 g/mol. The predicted molar refractivity (Wildman–Crippen MR) is 132 cm³/mol. The van der Waals surface area contributed by atoms with Crippen molar-refractivity contribution < 1.29 is 14.3 Å². The molecule has 10 heteroatoms. The molecule has 32 heavy (non-hydrogen) atoms. The average Bonchev–Trinajstić information content (AvgIpc) is 3.05. The Balaban J connectivity index is 1.83. The number of hydrogen-bond donors (Lipinski definition) is 1. The number of fused-ring (bicyclic) bond motifs is 1. The van der Waals surface area contributed by atoms with Crippen LogP contribution in [0.15, 0.2) is 28.2 Å². The number of rotatable bonds is 10. The molecule has 0 aliphatic heterocycles. The second-order valence-corrected chi connectivity index (χ2v) is 9.63. The van der Waals surface area contributed by atoms with Crippen LogP contribution >= 0.6 is 34.7 Å². The first-order valence-electron chi connectivity index (χ1n) is 10.2. The molecule has 0 fully saturated rings. The third-order valence-electron chi connectivity index (χ3n) is 4.90. The summed E-state index contributed by atoms with van der Waals surface area (Å²) < 4.78 is 12.3. The summed E-state index contributed by atoms with van der Waals surface area (Å²) in [4.78, 5) is 32.4. The third-order valence-corrected chi connectivity index (χ3v) is 7.21. The monoisotopic (exact) mass is 495 g/mol. The number of thiophene rings is 1. The van der Waals surface area contributed by atoms with Crippen molar-refractivity contribution in [1.82, 2.24) is 9.55 Å². The summed E-state index contributed by atoms with van der Waals surface area (Å²) >= 11 is 8.77. The number of hydrogen-bond acceptors (Lipinski definition) is 7. The maximum absolute atomic E-state index is 13.2. The lowest BCUT2D eigenvalue weighted by Gasteiger charge is -2.13. The van der Waals surface area contributed by atoms with Crippen molar-refractivity contribution in [3.8, 4) is 5.75 Å². The van der Waals surface area contributed by atoms with Crippen LogP contribution in [0, 0.1) is 13.8 Å². The van der Waals surface area contributed by atoms with E-state index in [1.165, 1.54) is 30.2 Å². The van der Waals surface area contributed by atoms with E-state index < -0.39 is 0 Å². The molecular formula is C22H26ClN3O4S2. The molecule has 0 bridgehead atoms. The summed E-state index contributed by atoms with van der Waals surface area (Å²) in [6, 6.07) is 5.02. The smallest absolute Gasteiger partial charge is 0.263 e. The Morgan fingerprint density at radius 2 is 2.12 bits per heavy atom. The van der Waals surface area contributed by atoms with E-state index in [-0.39, 0.29) is 17.2 Å². The van der Waals surface area contributed by atoms with Crippen molar-refractivity contribution >= 4 is 56.5 Å². The van der Waals surface area contributed by atoms with Crippen LogP contribution in [0.2, 0.25) is 5.02 Å². The third kappa shape index (κ3) is 5.64. The van der Waals surface area contributed by atoms with Gasteiger partial charge >= 0.3 is 0 Å². The van der Waals surface area contributed by atoms with Gasteiger partial charge in [-0.15, -0.1) is 11.3 Å². The first-order valence-corrected chi connectivity index (χ1v) is 12.4. The fourth-order valence-corrected chi connectivity index (χ4v) is 5.25. The standard InChI is InChI=1S/C22H26ClN3O4S2/c1-5-30-10-6-9-26-21(28)19-13(2)14(3)32-20(19)25-22(26)31-12-18(27)24-16-11-15(23)7-8-17(16)29-4/h7-8,11H,5-6,9-10,12H2,1-4H3,(H,24,27). The van der Waals surface area contributed by atoms with Crippen LogP contribution in [-0.2, 0) is 16.1 Å². The fourth-order valence-electron chi connectivity index (χ4n) is 3.18. The Hall–Kier alpha value is -2.07. The van der Waals surface area contributed by atoms with Crippen LogP contribution in [0.5, 0.6) is 5.75 Å². The molecule has 1 N–H and O–H groups in total. The SMILES string of the molecule is CCOCCCn1c(SCC(=O)Nc2cc(Cl)ccc2OC)nc2sc(C)c(C)c2c1=O. The molecule has 3 aromatic rings.